The molecule has 0 heterocycles. The fourth-order valence-corrected chi connectivity index (χ4v) is 3.14. The number of amides is 1. The number of fused-ring (bicyclic) bond motifs is 1. The molecule has 3 aromatic rings. The van der Waals surface area contributed by atoms with E-state index in [4.69, 9.17) is 18.9 Å². The van der Waals surface area contributed by atoms with Gasteiger partial charge in [0, 0.05) is 17.0 Å². The van der Waals surface area contributed by atoms with Crippen LogP contribution in [0.2, 0.25) is 0 Å². The van der Waals surface area contributed by atoms with Crippen LogP contribution in [-0.4, -0.2) is 40.4 Å². The van der Waals surface area contributed by atoms with Gasteiger partial charge < -0.3 is 24.3 Å². The Hall–Kier alpha value is -3.67. The zero-order chi connectivity index (χ0) is 21.3. The average molecular weight is 407 g/mol. The van der Waals surface area contributed by atoms with E-state index in [1.807, 2.05) is 42.5 Å². The maximum Gasteiger partial charge on any atom is 0.244 e. The van der Waals surface area contributed by atoms with Gasteiger partial charge in [0.2, 0.25) is 11.7 Å². The molecular weight excluding hydrogens is 382 g/mol. The molecule has 1 N–H and O–H groups in total. The van der Waals surface area contributed by atoms with Crippen LogP contribution in [0, 0.1) is 0 Å². The summed E-state index contributed by atoms with van der Waals surface area (Å²) < 4.78 is 21.9. The predicted molar refractivity (Wildman–Crippen MR) is 118 cm³/mol. The second-order valence-electron chi connectivity index (χ2n) is 6.37. The van der Waals surface area contributed by atoms with Gasteiger partial charge in [-0.2, -0.15) is 0 Å². The Labute approximate surface area is 176 Å². The second kappa shape index (κ2) is 10.2. The lowest BCUT2D eigenvalue weighted by Crippen LogP contribution is -2.26. The standard InChI is InChI=1S/C24H25NO5/c1-27-21-13-11-18(23(28-2)24(21)29-3)12-14-22(26)25-15-16-30-20-10-6-8-17-7-4-5-9-19(17)20/h4-14H,15-16H2,1-3H3,(H,25,26)/b14-12+. The van der Waals surface area contributed by atoms with Crippen molar-refractivity contribution in [3.8, 4) is 23.0 Å². The quantitative estimate of drug-likeness (QED) is 0.428. The summed E-state index contributed by atoms with van der Waals surface area (Å²) in [5, 5.41) is 4.98. The maximum absolute atomic E-state index is 12.2. The monoisotopic (exact) mass is 407 g/mol. The van der Waals surface area contributed by atoms with Crippen molar-refractivity contribution in [2.75, 3.05) is 34.5 Å². The molecule has 0 fully saturated rings. The molecule has 0 bridgehead atoms. The number of rotatable bonds is 9. The van der Waals surface area contributed by atoms with Gasteiger partial charge in [-0.15, -0.1) is 0 Å². The van der Waals surface area contributed by atoms with E-state index in [-0.39, 0.29) is 5.91 Å². The van der Waals surface area contributed by atoms with Gasteiger partial charge in [-0.25, -0.2) is 0 Å². The van der Waals surface area contributed by atoms with Crippen molar-refractivity contribution >= 4 is 22.8 Å². The summed E-state index contributed by atoms with van der Waals surface area (Å²) in [6.07, 6.45) is 3.11. The van der Waals surface area contributed by atoms with E-state index in [0.717, 1.165) is 16.5 Å². The van der Waals surface area contributed by atoms with E-state index in [2.05, 4.69) is 5.32 Å². The summed E-state index contributed by atoms with van der Waals surface area (Å²) in [5.74, 6) is 2.11. The van der Waals surface area contributed by atoms with Gasteiger partial charge in [-0.3, -0.25) is 4.79 Å². The van der Waals surface area contributed by atoms with E-state index >= 15 is 0 Å². The number of hydrogen-bond acceptors (Lipinski definition) is 5. The Morgan fingerprint density at radius 1 is 0.867 bits per heavy atom. The van der Waals surface area contributed by atoms with Gasteiger partial charge in [0.05, 0.1) is 27.9 Å². The normalized spacial score (nSPS) is 10.8. The summed E-state index contributed by atoms with van der Waals surface area (Å²) in [6, 6.07) is 17.5. The molecule has 30 heavy (non-hydrogen) atoms. The molecule has 3 aromatic carbocycles. The molecule has 3 rings (SSSR count). The van der Waals surface area contributed by atoms with Gasteiger partial charge in [0.1, 0.15) is 12.4 Å². The number of carbonyl (C=O) groups is 1. The second-order valence-corrected chi connectivity index (χ2v) is 6.37. The van der Waals surface area contributed by atoms with E-state index in [1.165, 1.54) is 13.2 Å². The summed E-state index contributed by atoms with van der Waals surface area (Å²) in [5.41, 5.74) is 0.706. The molecule has 0 atom stereocenters. The first-order valence-corrected chi connectivity index (χ1v) is 9.53. The van der Waals surface area contributed by atoms with Gasteiger partial charge in [0.25, 0.3) is 0 Å². The van der Waals surface area contributed by atoms with Crippen molar-refractivity contribution in [1.29, 1.82) is 0 Å². The Morgan fingerprint density at radius 2 is 1.63 bits per heavy atom. The van der Waals surface area contributed by atoms with Crippen LogP contribution in [0.25, 0.3) is 16.8 Å². The van der Waals surface area contributed by atoms with Crippen LogP contribution in [0.4, 0.5) is 0 Å². The molecule has 6 nitrogen and oxygen atoms in total. The van der Waals surface area contributed by atoms with Crippen LogP contribution in [0.5, 0.6) is 23.0 Å². The Balaban J connectivity index is 1.56. The van der Waals surface area contributed by atoms with E-state index in [1.54, 1.807) is 32.4 Å². The van der Waals surface area contributed by atoms with Crippen LogP contribution >= 0.6 is 0 Å². The molecule has 156 valence electrons. The predicted octanol–water partition coefficient (Wildman–Crippen LogP) is 4.07. The zero-order valence-corrected chi connectivity index (χ0v) is 17.3. The van der Waals surface area contributed by atoms with Crippen molar-refractivity contribution in [1.82, 2.24) is 5.32 Å². The highest BCUT2D eigenvalue weighted by atomic mass is 16.5. The van der Waals surface area contributed by atoms with Crippen LogP contribution < -0.4 is 24.3 Å². The van der Waals surface area contributed by atoms with Gasteiger partial charge in [-0.05, 0) is 29.7 Å². The van der Waals surface area contributed by atoms with E-state index < -0.39 is 0 Å². The summed E-state index contributed by atoms with van der Waals surface area (Å²) in [6.45, 7) is 0.753. The van der Waals surface area contributed by atoms with Crippen LogP contribution in [0.1, 0.15) is 5.56 Å². The fraction of sp³-hybridized carbons (Fsp3) is 0.208. The Kier molecular flexibility index (Phi) is 7.16. The molecule has 6 heteroatoms. The number of nitrogens with one attached hydrogen (secondary N) is 1. The molecule has 0 radical (unpaired) electrons. The number of ether oxygens (including phenoxy) is 4. The minimum Gasteiger partial charge on any atom is -0.493 e. The topological polar surface area (TPSA) is 66.0 Å². The number of hydrogen-bond donors (Lipinski definition) is 1. The van der Waals surface area contributed by atoms with Gasteiger partial charge in [0.15, 0.2) is 11.5 Å². The smallest absolute Gasteiger partial charge is 0.244 e. The third-order valence-corrected chi connectivity index (χ3v) is 4.56. The summed E-state index contributed by atoms with van der Waals surface area (Å²) >= 11 is 0. The van der Waals surface area contributed by atoms with Crippen LogP contribution in [-0.2, 0) is 4.79 Å². The molecular formula is C24H25NO5. The molecule has 1 amide bonds. The minimum atomic E-state index is -0.228. The Morgan fingerprint density at radius 3 is 2.40 bits per heavy atom. The van der Waals surface area contributed by atoms with E-state index in [0.29, 0.717) is 36.0 Å². The third-order valence-electron chi connectivity index (χ3n) is 4.56. The molecule has 0 aliphatic carbocycles. The summed E-state index contributed by atoms with van der Waals surface area (Å²) in [4.78, 5) is 12.2. The molecule has 0 aliphatic rings. The largest absolute Gasteiger partial charge is 0.493 e. The molecule has 0 saturated heterocycles. The highest BCUT2D eigenvalue weighted by Gasteiger charge is 2.14. The van der Waals surface area contributed by atoms with E-state index in [9.17, 15) is 4.79 Å². The molecule has 0 saturated carbocycles. The summed E-state index contributed by atoms with van der Waals surface area (Å²) in [7, 11) is 4.64. The lowest BCUT2D eigenvalue weighted by Gasteiger charge is -2.14. The molecule has 0 aliphatic heterocycles. The minimum absolute atomic E-state index is 0.228. The van der Waals surface area contributed by atoms with Gasteiger partial charge in [-0.1, -0.05) is 36.4 Å². The number of carbonyl (C=O) groups excluding carboxylic acids is 1. The Bertz CT molecular complexity index is 1040. The van der Waals surface area contributed by atoms with Crippen molar-refractivity contribution in [2.24, 2.45) is 0 Å². The van der Waals surface area contributed by atoms with Gasteiger partial charge >= 0.3 is 0 Å². The fourth-order valence-electron chi connectivity index (χ4n) is 3.14. The van der Waals surface area contributed by atoms with Crippen molar-refractivity contribution in [2.45, 2.75) is 0 Å². The first-order valence-electron chi connectivity index (χ1n) is 9.53. The molecule has 0 unspecified atom stereocenters. The SMILES string of the molecule is COc1ccc(/C=C/C(=O)NCCOc2cccc3ccccc23)c(OC)c1OC. The first-order chi connectivity index (χ1) is 14.7. The van der Waals surface area contributed by atoms with Crippen LogP contribution in [0.3, 0.4) is 0 Å². The maximum atomic E-state index is 12.2. The number of benzene rings is 3. The van der Waals surface area contributed by atoms with Crippen molar-refractivity contribution < 1.29 is 23.7 Å². The van der Waals surface area contributed by atoms with Crippen molar-refractivity contribution in [3.63, 3.8) is 0 Å². The third kappa shape index (κ3) is 4.84. The van der Waals surface area contributed by atoms with Crippen molar-refractivity contribution in [3.05, 3.63) is 66.2 Å². The zero-order valence-electron chi connectivity index (χ0n) is 17.3. The molecule has 0 aromatic heterocycles. The first kappa shape index (κ1) is 21.0. The lowest BCUT2D eigenvalue weighted by atomic mass is 10.1. The number of methoxy groups -OCH3 is 3. The molecule has 0 spiro atoms. The van der Waals surface area contributed by atoms with Crippen LogP contribution in [0.15, 0.2) is 60.7 Å². The highest BCUT2D eigenvalue weighted by molar-refractivity contribution is 5.92. The highest BCUT2D eigenvalue weighted by Crippen LogP contribution is 2.40. The lowest BCUT2D eigenvalue weighted by molar-refractivity contribution is -0.116. The average Bonchev–Trinajstić information content (AvgIpc) is 2.79.